The number of benzene rings is 1. The molecule has 8 nitrogen and oxygen atoms in total. The second-order valence-electron chi connectivity index (χ2n) is 9.28. The molecule has 0 atom stereocenters. The highest BCUT2D eigenvalue weighted by molar-refractivity contribution is 5.89. The number of aryl methyl sites for hydroxylation is 2. The van der Waals surface area contributed by atoms with Gasteiger partial charge >= 0.3 is 5.63 Å². The van der Waals surface area contributed by atoms with Crippen LogP contribution >= 0.6 is 0 Å². The molecule has 1 N–H and O–H groups in total. The van der Waals surface area contributed by atoms with E-state index >= 15 is 0 Å². The van der Waals surface area contributed by atoms with E-state index in [-0.39, 0.29) is 29.5 Å². The Balaban J connectivity index is 1.37. The summed E-state index contributed by atoms with van der Waals surface area (Å²) in [6, 6.07) is 3.33. The van der Waals surface area contributed by atoms with Crippen molar-refractivity contribution < 1.29 is 19.1 Å². The van der Waals surface area contributed by atoms with Crippen LogP contribution in [0.2, 0.25) is 0 Å². The van der Waals surface area contributed by atoms with Gasteiger partial charge in [0, 0.05) is 39.3 Å². The summed E-state index contributed by atoms with van der Waals surface area (Å²) >= 11 is 0. The van der Waals surface area contributed by atoms with Gasteiger partial charge in [-0.25, -0.2) is 4.79 Å². The van der Waals surface area contributed by atoms with Crippen LogP contribution in [0.3, 0.4) is 0 Å². The van der Waals surface area contributed by atoms with Gasteiger partial charge in [-0.1, -0.05) is 12.8 Å². The molecule has 8 heteroatoms. The Labute approximate surface area is 193 Å². The summed E-state index contributed by atoms with van der Waals surface area (Å²) in [5.41, 5.74) is 1.44. The molecular weight excluding hydrogens is 422 g/mol. The normalized spacial score (nSPS) is 17.9. The van der Waals surface area contributed by atoms with E-state index in [1.165, 1.54) is 12.8 Å². The molecule has 178 valence electrons. The Hall–Kier alpha value is -2.87. The third kappa shape index (κ3) is 5.21. The van der Waals surface area contributed by atoms with Crippen LogP contribution in [-0.4, -0.2) is 77.4 Å². The molecule has 0 unspecified atom stereocenters. The van der Waals surface area contributed by atoms with Crippen molar-refractivity contribution in [3.8, 4) is 5.75 Å². The number of hydrogen-bond acceptors (Lipinski definition) is 6. The molecule has 2 aromatic rings. The zero-order chi connectivity index (χ0) is 23.5. The van der Waals surface area contributed by atoms with Gasteiger partial charge in [0.15, 0.2) is 0 Å². The standard InChI is InChI=1S/C25H33N3O5/c1-17-13-20(29)24-18(2)19(25(32)33-21(24)14-17)15-22(30)28-11-9-26(10-12-28)16-23(31)27-7-5-3-4-6-8-27/h13-14,29H,3-12,15-16H2,1-2H3. The van der Waals surface area contributed by atoms with E-state index in [0.29, 0.717) is 49.3 Å². The Morgan fingerprint density at radius 1 is 0.909 bits per heavy atom. The lowest BCUT2D eigenvalue weighted by atomic mass is 10.0. The summed E-state index contributed by atoms with van der Waals surface area (Å²) in [6.45, 7) is 7.96. The van der Waals surface area contributed by atoms with Crippen LogP contribution in [0.1, 0.15) is 42.4 Å². The third-order valence-electron chi connectivity index (χ3n) is 6.87. The van der Waals surface area contributed by atoms with Gasteiger partial charge in [-0.3, -0.25) is 14.5 Å². The van der Waals surface area contributed by atoms with Gasteiger partial charge in [0.05, 0.1) is 23.9 Å². The van der Waals surface area contributed by atoms with Crippen LogP contribution in [0.25, 0.3) is 11.0 Å². The SMILES string of the molecule is Cc1cc(O)c2c(C)c(CC(=O)N3CCN(CC(=O)N4CCCCCC4)CC3)c(=O)oc2c1. The molecule has 1 aromatic carbocycles. The van der Waals surface area contributed by atoms with Crippen LogP contribution in [0, 0.1) is 13.8 Å². The summed E-state index contributed by atoms with van der Waals surface area (Å²) in [5.74, 6) is 0.0774. The molecule has 2 aliphatic rings. The maximum atomic E-state index is 13.0. The number of phenols is 1. The molecule has 3 heterocycles. The van der Waals surface area contributed by atoms with Gasteiger partial charge in [0.25, 0.3) is 0 Å². The van der Waals surface area contributed by atoms with Crippen molar-refractivity contribution in [2.45, 2.75) is 46.0 Å². The summed E-state index contributed by atoms with van der Waals surface area (Å²) < 4.78 is 5.41. The Kier molecular flexibility index (Phi) is 7.02. The Morgan fingerprint density at radius 2 is 1.55 bits per heavy atom. The first-order chi connectivity index (χ1) is 15.8. The molecule has 2 amide bonds. The quantitative estimate of drug-likeness (QED) is 0.711. The minimum atomic E-state index is -0.542. The highest BCUT2D eigenvalue weighted by Gasteiger charge is 2.26. The molecule has 4 rings (SSSR count). The van der Waals surface area contributed by atoms with Gasteiger partial charge in [-0.2, -0.15) is 0 Å². The molecule has 1 aromatic heterocycles. The van der Waals surface area contributed by atoms with Crippen molar-refractivity contribution in [2.24, 2.45) is 0 Å². The molecule has 33 heavy (non-hydrogen) atoms. The van der Waals surface area contributed by atoms with Crippen LogP contribution in [0.4, 0.5) is 0 Å². The first-order valence-electron chi connectivity index (χ1n) is 11.9. The van der Waals surface area contributed by atoms with Crippen molar-refractivity contribution in [1.82, 2.24) is 14.7 Å². The summed E-state index contributed by atoms with van der Waals surface area (Å²) in [4.78, 5) is 44.0. The number of piperazine rings is 1. The average molecular weight is 456 g/mol. The summed E-state index contributed by atoms with van der Waals surface area (Å²) in [6.07, 6.45) is 4.48. The second kappa shape index (κ2) is 9.95. The largest absolute Gasteiger partial charge is 0.507 e. The molecule has 2 fully saturated rings. The zero-order valence-corrected chi connectivity index (χ0v) is 19.6. The van der Waals surface area contributed by atoms with Gasteiger partial charge in [0.2, 0.25) is 11.8 Å². The third-order valence-corrected chi connectivity index (χ3v) is 6.87. The first kappa shape index (κ1) is 23.3. The van der Waals surface area contributed by atoms with E-state index in [0.717, 1.165) is 31.5 Å². The number of carbonyl (C=O) groups is 2. The van der Waals surface area contributed by atoms with Crippen molar-refractivity contribution in [2.75, 3.05) is 45.8 Å². The van der Waals surface area contributed by atoms with Gasteiger partial charge in [0.1, 0.15) is 11.3 Å². The highest BCUT2D eigenvalue weighted by Crippen LogP contribution is 2.30. The minimum Gasteiger partial charge on any atom is -0.507 e. The smallest absolute Gasteiger partial charge is 0.340 e. The number of fused-ring (bicyclic) bond motifs is 1. The number of phenolic OH excluding ortho intramolecular Hbond substituents is 1. The van der Waals surface area contributed by atoms with E-state index in [9.17, 15) is 19.5 Å². The lowest BCUT2D eigenvalue weighted by Gasteiger charge is -2.35. The minimum absolute atomic E-state index is 0.0441. The molecule has 0 bridgehead atoms. The molecule has 0 saturated carbocycles. The molecule has 0 radical (unpaired) electrons. The van der Waals surface area contributed by atoms with Crippen molar-refractivity contribution in [3.05, 3.63) is 39.2 Å². The van der Waals surface area contributed by atoms with Crippen molar-refractivity contribution in [1.29, 1.82) is 0 Å². The lowest BCUT2D eigenvalue weighted by Crippen LogP contribution is -2.52. The van der Waals surface area contributed by atoms with Crippen LogP contribution in [-0.2, 0) is 16.0 Å². The number of nitrogens with zero attached hydrogens (tertiary/aromatic N) is 3. The van der Waals surface area contributed by atoms with Gasteiger partial charge in [-0.05, 0) is 49.9 Å². The highest BCUT2D eigenvalue weighted by atomic mass is 16.4. The summed E-state index contributed by atoms with van der Waals surface area (Å²) in [7, 11) is 0. The van der Waals surface area contributed by atoms with E-state index < -0.39 is 5.63 Å². The maximum absolute atomic E-state index is 13.0. The number of likely N-dealkylation sites (tertiary alicyclic amines) is 1. The molecule has 2 aliphatic heterocycles. The number of aromatic hydroxyl groups is 1. The Bertz CT molecular complexity index is 1090. The van der Waals surface area contributed by atoms with Crippen molar-refractivity contribution >= 4 is 22.8 Å². The number of amides is 2. The average Bonchev–Trinajstić information content (AvgIpc) is 3.06. The monoisotopic (exact) mass is 455 g/mol. The van der Waals surface area contributed by atoms with Crippen LogP contribution in [0.5, 0.6) is 5.75 Å². The number of rotatable bonds is 4. The predicted octanol–water partition coefficient (Wildman–Crippen LogP) is 2.20. The van der Waals surface area contributed by atoms with E-state index in [2.05, 4.69) is 4.90 Å². The zero-order valence-electron chi connectivity index (χ0n) is 19.6. The van der Waals surface area contributed by atoms with Gasteiger partial charge < -0.3 is 19.3 Å². The molecular formula is C25H33N3O5. The fraction of sp³-hybridized carbons (Fsp3) is 0.560. The Morgan fingerprint density at radius 3 is 2.21 bits per heavy atom. The molecule has 2 saturated heterocycles. The fourth-order valence-corrected chi connectivity index (χ4v) is 4.89. The van der Waals surface area contributed by atoms with Gasteiger partial charge in [-0.15, -0.1) is 0 Å². The maximum Gasteiger partial charge on any atom is 0.340 e. The second-order valence-corrected chi connectivity index (χ2v) is 9.28. The van der Waals surface area contributed by atoms with Crippen LogP contribution < -0.4 is 5.63 Å². The summed E-state index contributed by atoms with van der Waals surface area (Å²) in [5, 5.41) is 10.8. The van der Waals surface area contributed by atoms with E-state index in [4.69, 9.17) is 4.42 Å². The predicted molar refractivity (Wildman–Crippen MR) is 125 cm³/mol. The lowest BCUT2D eigenvalue weighted by molar-refractivity contribution is -0.134. The fourth-order valence-electron chi connectivity index (χ4n) is 4.89. The van der Waals surface area contributed by atoms with E-state index in [1.54, 1.807) is 24.0 Å². The number of hydrogen-bond donors (Lipinski definition) is 1. The van der Waals surface area contributed by atoms with E-state index in [1.807, 2.05) is 11.8 Å². The van der Waals surface area contributed by atoms with Crippen molar-refractivity contribution in [3.63, 3.8) is 0 Å². The first-order valence-corrected chi connectivity index (χ1v) is 11.9. The molecule has 0 spiro atoms. The number of carbonyl (C=O) groups excluding carboxylic acids is 2. The topological polar surface area (TPSA) is 94.3 Å². The van der Waals surface area contributed by atoms with Crippen LogP contribution in [0.15, 0.2) is 21.3 Å². The molecule has 0 aliphatic carbocycles.